The van der Waals surface area contributed by atoms with E-state index in [9.17, 15) is 0 Å². The molecule has 3 aromatic rings. The van der Waals surface area contributed by atoms with Gasteiger partial charge in [-0.3, -0.25) is 0 Å². The standard InChI is InChI=1S/C29H31N/c1-2-3-19-30-28-16-10-15-25(28)27-21-22(17-18-29(27)30)20-26(23-11-6-4-7-12-23)24-13-8-5-9-14-24/h4-9,11-14,17-18,20-21,25,28H,2-3,10,15-16,19H2,1H3. The first kappa shape index (κ1) is 19.2. The van der Waals surface area contributed by atoms with Gasteiger partial charge in [0.1, 0.15) is 0 Å². The van der Waals surface area contributed by atoms with Gasteiger partial charge in [0.2, 0.25) is 0 Å². The zero-order chi connectivity index (χ0) is 20.3. The number of benzene rings is 3. The van der Waals surface area contributed by atoms with E-state index in [2.05, 4.69) is 96.8 Å². The third-order valence-electron chi connectivity index (χ3n) is 6.87. The molecule has 2 atom stereocenters. The van der Waals surface area contributed by atoms with Crippen LogP contribution in [-0.2, 0) is 0 Å². The van der Waals surface area contributed by atoms with Crippen molar-refractivity contribution in [3.05, 3.63) is 101 Å². The minimum atomic E-state index is 0.724. The van der Waals surface area contributed by atoms with Crippen LogP contribution in [0.5, 0.6) is 0 Å². The normalized spacial score (nSPS) is 19.4. The van der Waals surface area contributed by atoms with Crippen molar-refractivity contribution in [3.63, 3.8) is 0 Å². The summed E-state index contributed by atoms with van der Waals surface area (Å²) in [6.07, 6.45) is 9.00. The van der Waals surface area contributed by atoms with Crippen molar-refractivity contribution in [3.8, 4) is 0 Å². The lowest BCUT2D eigenvalue weighted by molar-refractivity contribution is 0.576. The van der Waals surface area contributed by atoms with Gasteiger partial charge >= 0.3 is 0 Å². The molecule has 0 saturated heterocycles. The van der Waals surface area contributed by atoms with E-state index in [0.717, 1.165) is 12.0 Å². The van der Waals surface area contributed by atoms with E-state index in [1.54, 1.807) is 5.56 Å². The molecule has 1 heterocycles. The van der Waals surface area contributed by atoms with Crippen LogP contribution in [0.25, 0.3) is 11.6 Å². The van der Waals surface area contributed by atoms with Crippen LogP contribution >= 0.6 is 0 Å². The fourth-order valence-corrected chi connectivity index (χ4v) is 5.43. The minimum Gasteiger partial charge on any atom is -0.368 e. The molecule has 3 aromatic carbocycles. The Morgan fingerprint density at radius 1 is 0.900 bits per heavy atom. The van der Waals surface area contributed by atoms with Gasteiger partial charge in [-0.2, -0.15) is 0 Å². The predicted octanol–water partition coefficient (Wildman–Crippen LogP) is 7.53. The summed E-state index contributed by atoms with van der Waals surface area (Å²) in [6, 6.07) is 29.5. The maximum absolute atomic E-state index is 2.72. The molecule has 1 heteroatoms. The molecule has 152 valence electrons. The number of hydrogen-bond donors (Lipinski definition) is 0. The number of anilines is 1. The molecule has 1 fully saturated rings. The van der Waals surface area contributed by atoms with E-state index >= 15 is 0 Å². The van der Waals surface area contributed by atoms with E-state index < -0.39 is 0 Å². The molecule has 2 aliphatic rings. The van der Waals surface area contributed by atoms with Crippen molar-refractivity contribution in [1.82, 2.24) is 0 Å². The summed E-state index contributed by atoms with van der Waals surface area (Å²) in [7, 11) is 0. The van der Waals surface area contributed by atoms with Crippen LogP contribution in [0.2, 0.25) is 0 Å². The van der Waals surface area contributed by atoms with Crippen molar-refractivity contribution >= 4 is 17.3 Å². The molecule has 1 aliphatic carbocycles. The second-order valence-electron chi connectivity index (χ2n) is 8.76. The maximum Gasteiger partial charge on any atom is 0.0405 e. The van der Waals surface area contributed by atoms with E-state index in [1.807, 2.05) is 0 Å². The smallest absolute Gasteiger partial charge is 0.0405 e. The number of fused-ring (bicyclic) bond motifs is 3. The molecule has 1 aliphatic heterocycles. The minimum absolute atomic E-state index is 0.724. The highest BCUT2D eigenvalue weighted by atomic mass is 15.2. The number of unbranched alkanes of at least 4 members (excludes halogenated alkanes) is 1. The molecule has 0 amide bonds. The maximum atomic E-state index is 2.72. The van der Waals surface area contributed by atoms with E-state index in [0.29, 0.717) is 0 Å². The largest absolute Gasteiger partial charge is 0.368 e. The van der Waals surface area contributed by atoms with E-state index in [1.165, 1.54) is 66.6 Å². The second-order valence-corrected chi connectivity index (χ2v) is 8.76. The summed E-state index contributed by atoms with van der Waals surface area (Å²) >= 11 is 0. The number of nitrogens with zero attached hydrogens (tertiary/aromatic N) is 1. The molecule has 0 radical (unpaired) electrons. The Balaban J connectivity index is 1.56. The summed E-state index contributed by atoms with van der Waals surface area (Å²) in [5.41, 5.74) is 8.23. The van der Waals surface area contributed by atoms with Gasteiger partial charge in [-0.05, 0) is 65.3 Å². The third kappa shape index (κ3) is 3.58. The monoisotopic (exact) mass is 393 g/mol. The van der Waals surface area contributed by atoms with Gasteiger partial charge in [-0.1, -0.05) is 86.5 Å². The molecule has 0 spiro atoms. The Kier molecular flexibility index (Phi) is 5.45. The second kappa shape index (κ2) is 8.52. The molecule has 0 N–H and O–H groups in total. The highest BCUT2D eigenvalue weighted by molar-refractivity contribution is 5.91. The quantitative estimate of drug-likeness (QED) is 0.391. The Morgan fingerprint density at radius 3 is 2.27 bits per heavy atom. The molecule has 0 bridgehead atoms. The van der Waals surface area contributed by atoms with E-state index in [4.69, 9.17) is 0 Å². The van der Waals surface area contributed by atoms with Crippen LogP contribution < -0.4 is 4.90 Å². The van der Waals surface area contributed by atoms with Crippen LogP contribution in [0.1, 0.15) is 67.2 Å². The zero-order valence-electron chi connectivity index (χ0n) is 17.9. The van der Waals surface area contributed by atoms with Crippen LogP contribution in [0, 0.1) is 0 Å². The highest BCUT2D eigenvalue weighted by Crippen LogP contribution is 2.49. The zero-order valence-corrected chi connectivity index (χ0v) is 17.9. The summed E-state index contributed by atoms with van der Waals surface area (Å²) in [5, 5.41) is 0. The SMILES string of the molecule is CCCCN1c2ccc(C=C(c3ccccc3)c3ccccc3)cc2C2CCCC21. The lowest BCUT2D eigenvalue weighted by Crippen LogP contribution is -2.32. The first-order chi connectivity index (χ1) is 14.8. The average molecular weight is 394 g/mol. The molecule has 1 nitrogen and oxygen atoms in total. The van der Waals surface area contributed by atoms with Crippen molar-refractivity contribution in [2.75, 3.05) is 11.4 Å². The average Bonchev–Trinajstić information content (AvgIpc) is 3.39. The van der Waals surface area contributed by atoms with Gasteiger partial charge in [0.05, 0.1) is 0 Å². The topological polar surface area (TPSA) is 3.24 Å². The Morgan fingerprint density at radius 2 is 1.60 bits per heavy atom. The molecular formula is C29H31N. The van der Waals surface area contributed by atoms with Gasteiger partial charge < -0.3 is 4.90 Å². The first-order valence-electron chi connectivity index (χ1n) is 11.6. The Labute approximate surface area is 181 Å². The van der Waals surface area contributed by atoms with Crippen LogP contribution in [0.15, 0.2) is 78.9 Å². The summed E-state index contributed by atoms with van der Waals surface area (Å²) in [4.78, 5) is 2.72. The molecule has 1 saturated carbocycles. The summed E-state index contributed by atoms with van der Waals surface area (Å²) in [5.74, 6) is 0.724. The van der Waals surface area contributed by atoms with Crippen molar-refractivity contribution < 1.29 is 0 Å². The van der Waals surface area contributed by atoms with Crippen LogP contribution in [0.4, 0.5) is 5.69 Å². The van der Waals surface area contributed by atoms with Gasteiger partial charge in [0.15, 0.2) is 0 Å². The van der Waals surface area contributed by atoms with Gasteiger partial charge in [0.25, 0.3) is 0 Å². The molecule has 30 heavy (non-hydrogen) atoms. The molecule has 0 aromatic heterocycles. The van der Waals surface area contributed by atoms with Gasteiger partial charge in [-0.25, -0.2) is 0 Å². The fraction of sp³-hybridized carbons (Fsp3) is 0.310. The molecule has 2 unspecified atom stereocenters. The first-order valence-corrected chi connectivity index (χ1v) is 11.6. The molecular weight excluding hydrogens is 362 g/mol. The van der Waals surface area contributed by atoms with Crippen LogP contribution in [0.3, 0.4) is 0 Å². The lowest BCUT2D eigenvalue weighted by atomic mass is 9.93. The third-order valence-corrected chi connectivity index (χ3v) is 6.87. The summed E-state index contributed by atoms with van der Waals surface area (Å²) < 4.78 is 0. The van der Waals surface area contributed by atoms with Crippen molar-refractivity contribution in [2.45, 2.75) is 51.0 Å². The highest BCUT2D eigenvalue weighted by Gasteiger charge is 2.40. The van der Waals surface area contributed by atoms with Gasteiger partial charge in [0, 0.05) is 24.2 Å². The summed E-state index contributed by atoms with van der Waals surface area (Å²) in [6.45, 7) is 3.50. The van der Waals surface area contributed by atoms with Gasteiger partial charge in [-0.15, -0.1) is 0 Å². The predicted molar refractivity (Wildman–Crippen MR) is 129 cm³/mol. The number of rotatable bonds is 6. The number of hydrogen-bond acceptors (Lipinski definition) is 1. The molecule has 5 rings (SSSR count). The van der Waals surface area contributed by atoms with E-state index in [-0.39, 0.29) is 0 Å². The van der Waals surface area contributed by atoms with Crippen LogP contribution in [-0.4, -0.2) is 12.6 Å². The van der Waals surface area contributed by atoms with Crippen molar-refractivity contribution in [2.24, 2.45) is 0 Å². The lowest BCUT2D eigenvalue weighted by Gasteiger charge is -2.26. The Hall–Kier alpha value is -2.80. The fourth-order valence-electron chi connectivity index (χ4n) is 5.43. The van der Waals surface area contributed by atoms with Crippen molar-refractivity contribution in [1.29, 1.82) is 0 Å². The Bertz CT molecular complexity index is 977.